The summed E-state index contributed by atoms with van der Waals surface area (Å²) in [6.07, 6.45) is 0.487. The predicted octanol–water partition coefficient (Wildman–Crippen LogP) is 0.894. The summed E-state index contributed by atoms with van der Waals surface area (Å²) in [5, 5.41) is 0. The zero-order chi connectivity index (χ0) is 12.1. The summed E-state index contributed by atoms with van der Waals surface area (Å²) in [6.45, 7) is 3.06. The van der Waals surface area contributed by atoms with Gasteiger partial charge in [0.1, 0.15) is 0 Å². The third-order valence-electron chi connectivity index (χ3n) is 2.95. The molecular weight excluding hydrogens is 216 g/mol. The number of rotatable bonds is 3. The van der Waals surface area contributed by atoms with Gasteiger partial charge in [-0.05, 0) is 11.1 Å². The van der Waals surface area contributed by atoms with Gasteiger partial charge in [-0.15, -0.1) is 0 Å². The average molecular weight is 234 g/mol. The first-order valence-electron chi connectivity index (χ1n) is 5.93. The summed E-state index contributed by atoms with van der Waals surface area (Å²) < 4.78 is 5.29. The van der Waals surface area contributed by atoms with Crippen molar-refractivity contribution in [2.45, 2.75) is 19.5 Å². The van der Waals surface area contributed by atoms with E-state index in [4.69, 9.17) is 10.5 Å². The lowest BCUT2D eigenvalue weighted by atomic mass is 10.1. The monoisotopic (exact) mass is 234 g/mol. The fourth-order valence-corrected chi connectivity index (χ4v) is 1.89. The van der Waals surface area contributed by atoms with Gasteiger partial charge in [0.25, 0.3) is 0 Å². The molecule has 0 aromatic heterocycles. The van der Waals surface area contributed by atoms with Crippen LogP contribution in [0.15, 0.2) is 24.3 Å². The van der Waals surface area contributed by atoms with Crippen LogP contribution >= 0.6 is 0 Å². The average Bonchev–Trinajstić information content (AvgIpc) is 2.56. The van der Waals surface area contributed by atoms with E-state index in [0.29, 0.717) is 39.3 Å². The van der Waals surface area contributed by atoms with Gasteiger partial charge in [0.05, 0.1) is 19.6 Å². The van der Waals surface area contributed by atoms with Gasteiger partial charge in [-0.25, -0.2) is 0 Å². The third kappa shape index (κ3) is 3.28. The van der Waals surface area contributed by atoms with E-state index in [0.717, 1.165) is 11.1 Å². The molecule has 1 aromatic carbocycles. The number of ether oxygens (including phenoxy) is 1. The van der Waals surface area contributed by atoms with Crippen LogP contribution in [0.4, 0.5) is 0 Å². The molecule has 1 saturated heterocycles. The maximum absolute atomic E-state index is 11.8. The van der Waals surface area contributed by atoms with Gasteiger partial charge in [0.15, 0.2) is 0 Å². The molecule has 0 aliphatic carbocycles. The van der Waals surface area contributed by atoms with Crippen LogP contribution in [-0.2, 0) is 22.6 Å². The Morgan fingerprint density at radius 2 is 1.88 bits per heavy atom. The van der Waals surface area contributed by atoms with Crippen molar-refractivity contribution >= 4 is 5.91 Å². The Bertz CT molecular complexity index is 376. The molecule has 0 unspecified atom stereocenters. The first kappa shape index (κ1) is 12.1. The summed E-state index contributed by atoms with van der Waals surface area (Å²) in [6, 6.07) is 8.07. The summed E-state index contributed by atoms with van der Waals surface area (Å²) in [5.41, 5.74) is 7.79. The molecule has 2 rings (SSSR count). The van der Waals surface area contributed by atoms with Crippen molar-refractivity contribution in [1.29, 1.82) is 0 Å². The van der Waals surface area contributed by atoms with E-state index < -0.39 is 0 Å². The zero-order valence-electron chi connectivity index (χ0n) is 9.89. The molecule has 4 nitrogen and oxygen atoms in total. The highest BCUT2D eigenvalue weighted by atomic mass is 16.5. The molecule has 1 amide bonds. The largest absolute Gasteiger partial charge is 0.379 e. The Kier molecular flexibility index (Phi) is 4.12. The van der Waals surface area contributed by atoms with E-state index in [-0.39, 0.29) is 5.91 Å². The van der Waals surface area contributed by atoms with Crippen LogP contribution in [0.25, 0.3) is 0 Å². The van der Waals surface area contributed by atoms with E-state index >= 15 is 0 Å². The van der Waals surface area contributed by atoms with E-state index in [9.17, 15) is 4.79 Å². The lowest BCUT2D eigenvalue weighted by molar-refractivity contribution is -0.131. The molecule has 92 valence electrons. The van der Waals surface area contributed by atoms with Crippen molar-refractivity contribution in [2.24, 2.45) is 5.73 Å². The molecule has 1 aliphatic heterocycles. The van der Waals surface area contributed by atoms with E-state index in [2.05, 4.69) is 0 Å². The molecule has 0 saturated carbocycles. The Hall–Kier alpha value is -1.39. The number of nitrogens with two attached hydrogens (primary N) is 1. The molecule has 2 N–H and O–H groups in total. The van der Waals surface area contributed by atoms with Crippen molar-refractivity contribution in [3.63, 3.8) is 0 Å². The zero-order valence-corrected chi connectivity index (χ0v) is 9.89. The number of nitrogens with zero attached hydrogens (tertiary/aromatic N) is 1. The Labute approximate surface area is 101 Å². The van der Waals surface area contributed by atoms with Crippen LogP contribution in [0.2, 0.25) is 0 Å². The minimum absolute atomic E-state index is 0.172. The summed E-state index contributed by atoms with van der Waals surface area (Å²) in [7, 11) is 0. The van der Waals surface area contributed by atoms with Gasteiger partial charge in [-0.2, -0.15) is 0 Å². The lowest BCUT2D eigenvalue weighted by Crippen LogP contribution is -2.31. The highest BCUT2D eigenvalue weighted by Gasteiger charge is 2.16. The molecule has 0 radical (unpaired) electrons. The normalized spacial score (nSPS) is 17.0. The van der Waals surface area contributed by atoms with Crippen LogP contribution < -0.4 is 5.73 Å². The van der Waals surface area contributed by atoms with Gasteiger partial charge in [0.2, 0.25) is 5.91 Å². The first-order chi connectivity index (χ1) is 8.29. The predicted molar refractivity (Wildman–Crippen MR) is 65.2 cm³/mol. The SMILES string of the molecule is NCc1ccc(CN2CCOCCC2=O)cc1. The highest BCUT2D eigenvalue weighted by molar-refractivity contribution is 5.76. The highest BCUT2D eigenvalue weighted by Crippen LogP contribution is 2.10. The van der Waals surface area contributed by atoms with Crippen LogP contribution in [0.5, 0.6) is 0 Å². The number of hydrogen-bond acceptors (Lipinski definition) is 3. The fourth-order valence-electron chi connectivity index (χ4n) is 1.89. The standard InChI is InChI=1S/C13H18N2O2/c14-9-11-1-3-12(4-2-11)10-15-6-8-17-7-5-13(15)16/h1-4H,5-10,14H2. The molecule has 1 heterocycles. The maximum atomic E-state index is 11.8. The number of benzene rings is 1. The van der Waals surface area contributed by atoms with Gasteiger partial charge < -0.3 is 15.4 Å². The number of carbonyl (C=O) groups is 1. The Morgan fingerprint density at radius 1 is 1.18 bits per heavy atom. The molecule has 0 atom stereocenters. The topological polar surface area (TPSA) is 55.6 Å². The van der Waals surface area contributed by atoms with E-state index in [1.54, 1.807) is 0 Å². The molecule has 0 spiro atoms. The van der Waals surface area contributed by atoms with Crippen LogP contribution in [0.3, 0.4) is 0 Å². The van der Waals surface area contributed by atoms with Crippen molar-refractivity contribution in [1.82, 2.24) is 4.90 Å². The van der Waals surface area contributed by atoms with Crippen LogP contribution in [-0.4, -0.2) is 30.6 Å². The Morgan fingerprint density at radius 3 is 2.59 bits per heavy atom. The molecule has 1 aromatic rings. The molecule has 1 aliphatic rings. The fraction of sp³-hybridized carbons (Fsp3) is 0.462. The smallest absolute Gasteiger partial charge is 0.225 e. The van der Waals surface area contributed by atoms with Crippen LogP contribution in [0, 0.1) is 0 Å². The molecule has 0 bridgehead atoms. The third-order valence-corrected chi connectivity index (χ3v) is 2.95. The summed E-state index contributed by atoms with van der Waals surface area (Å²) in [4.78, 5) is 13.6. The molecule has 17 heavy (non-hydrogen) atoms. The second kappa shape index (κ2) is 5.80. The minimum Gasteiger partial charge on any atom is -0.379 e. The van der Waals surface area contributed by atoms with Gasteiger partial charge >= 0.3 is 0 Å². The van der Waals surface area contributed by atoms with Gasteiger partial charge in [-0.3, -0.25) is 4.79 Å². The Balaban J connectivity index is 2.00. The van der Waals surface area contributed by atoms with Gasteiger partial charge in [-0.1, -0.05) is 24.3 Å². The molecule has 4 heteroatoms. The minimum atomic E-state index is 0.172. The van der Waals surface area contributed by atoms with Crippen molar-refractivity contribution in [2.75, 3.05) is 19.8 Å². The molecular formula is C13H18N2O2. The summed E-state index contributed by atoms with van der Waals surface area (Å²) >= 11 is 0. The van der Waals surface area contributed by atoms with E-state index in [1.807, 2.05) is 29.2 Å². The van der Waals surface area contributed by atoms with Crippen molar-refractivity contribution < 1.29 is 9.53 Å². The quantitative estimate of drug-likeness (QED) is 0.845. The summed E-state index contributed by atoms with van der Waals surface area (Å²) in [5.74, 6) is 0.172. The second-order valence-corrected chi connectivity index (χ2v) is 4.20. The first-order valence-corrected chi connectivity index (χ1v) is 5.93. The number of amides is 1. The van der Waals surface area contributed by atoms with Crippen molar-refractivity contribution in [3.8, 4) is 0 Å². The number of hydrogen-bond donors (Lipinski definition) is 1. The number of carbonyl (C=O) groups excluding carboxylic acids is 1. The second-order valence-electron chi connectivity index (χ2n) is 4.20. The van der Waals surface area contributed by atoms with Crippen LogP contribution in [0.1, 0.15) is 17.5 Å². The maximum Gasteiger partial charge on any atom is 0.225 e. The van der Waals surface area contributed by atoms with Gasteiger partial charge in [0, 0.05) is 19.6 Å². The molecule has 1 fully saturated rings. The van der Waals surface area contributed by atoms with E-state index in [1.165, 1.54) is 0 Å². The van der Waals surface area contributed by atoms with Crippen molar-refractivity contribution in [3.05, 3.63) is 35.4 Å². The lowest BCUT2D eigenvalue weighted by Gasteiger charge is -2.19.